The zero-order valence-corrected chi connectivity index (χ0v) is 22.2. The van der Waals surface area contributed by atoms with E-state index < -0.39 is 0 Å². The topological polar surface area (TPSA) is 93.1 Å². The monoisotopic (exact) mass is 546 g/mol. The molecule has 2 amide bonds. The second-order valence-corrected chi connectivity index (χ2v) is 10.7. The summed E-state index contributed by atoms with van der Waals surface area (Å²) >= 11 is 7.21. The maximum Gasteiger partial charge on any atom is 0.262 e. The molecule has 1 aromatic heterocycles. The fraction of sp³-hybridized carbons (Fsp3) is 0.241. The number of carbonyl (C=O) groups is 2. The second kappa shape index (κ2) is 11.8. The summed E-state index contributed by atoms with van der Waals surface area (Å²) in [5.41, 5.74) is 2.44. The SMILES string of the molecule is O=C(CSc1nc2ccccc2c(=O)n1Cc1ccc(C(=O)NC2CCCC2)cc1)Nc1cccc(Cl)c1. The number of amides is 2. The number of benzene rings is 3. The van der Waals surface area contributed by atoms with Crippen molar-refractivity contribution < 1.29 is 9.59 Å². The molecule has 38 heavy (non-hydrogen) atoms. The van der Waals surface area contributed by atoms with Crippen molar-refractivity contribution in [2.75, 3.05) is 11.1 Å². The number of fused-ring (bicyclic) bond motifs is 1. The molecule has 2 N–H and O–H groups in total. The van der Waals surface area contributed by atoms with Crippen LogP contribution < -0.4 is 16.2 Å². The lowest BCUT2D eigenvalue weighted by molar-refractivity contribution is -0.113. The van der Waals surface area contributed by atoms with E-state index in [0.717, 1.165) is 31.2 Å². The first-order chi connectivity index (χ1) is 18.5. The molecule has 0 aliphatic heterocycles. The summed E-state index contributed by atoms with van der Waals surface area (Å²) in [4.78, 5) is 43.3. The molecule has 0 saturated heterocycles. The average molecular weight is 547 g/mol. The predicted octanol–water partition coefficient (Wildman–Crippen LogP) is 5.50. The lowest BCUT2D eigenvalue weighted by atomic mass is 10.1. The molecule has 194 valence electrons. The molecule has 9 heteroatoms. The summed E-state index contributed by atoms with van der Waals surface area (Å²) in [6.45, 7) is 0.263. The van der Waals surface area contributed by atoms with Gasteiger partial charge in [0.2, 0.25) is 5.91 Å². The fourth-order valence-corrected chi connectivity index (χ4v) is 5.56. The second-order valence-electron chi connectivity index (χ2n) is 9.30. The molecular weight excluding hydrogens is 520 g/mol. The number of rotatable bonds is 8. The minimum absolute atomic E-state index is 0.0670. The van der Waals surface area contributed by atoms with Gasteiger partial charge >= 0.3 is 0 Å². The van der Waals surface area contributed by atoms with Gasteiger partial charge in [0.1, 0.15) is 0 Å². The molecule has 1 fully saturated rings. The van der Waals surface area contributed by atoms with Crippen LogP contribution in [-0.2, 0) is 11.3 Å². The van der Waals surface area contributed by atoms with Gasteiger partial charge in [-0.2, -0.15) is 0 Å². The first-order valence-electron chi connectivity index (χ1n) is 12.5. The third kappa shape index (κ3) is 6.26. The van der Waals surface area contributed by atoms with Crippen molar-refractivity contribution in [2.24, 2.45) is 0 Å². The number of halogens is 1. The molecule has 0 spiro atoms. The van der Waals surface area contributed by atoms with Crippen molar-refractivity contribution in [1.82, 2.24) is 14.9 Å². The van der Waals surface area contributed by atoms with Gasteiger partial charge in [-0.1, -0.05) is 66.5 Å². The van der Waals surface area contributed by atoms with Crippen LogP contribution in [0.1, 0.15) is 41.6 Å². The summed E-state index contributed by atoms with van der Waals surface area (Å²) in [7, 11) is 0. The minimum atomic E-state index is -0.233. The van der Waals surface area contributed by atoms with E-state index >= 15 is 0 Å². The lowest BCUT2D eigenvalue weighted by Crippen LogP contribution is -2.32. The van der Waals surface area contributed by atoms with Gasteiger partial charge in [0.15, 0.2) is 5.16 Å². The molecular formula is C29H27ClN4O3S. The van der Waals surface area contributed by atoms with Gasteiger partial charge in [-0.3, -0.25) is 19.0 Å². The molecule has 0 unspecified atom stereocenters. The number of hydrogen-bond acceptors (Lipinski definition) is 5. The number of hydrogen-bond donors (Lipinski definition) is 2. The molecule has 4 aromatic rings. The van der Waals surface area contributed by atoms with Crippen LogP contribution in [-0.4, -0.2) is 33.2 Å². The van der Waals surface area contributed by atoms with E-state index in [1.54, 1.807) is 59.2 Å². The normalized spacial score (nSPS) is 13.5. The standard InChI is InChI=1S/C29H27ClN4O3S/c30-21-6-5-9-23(16-21)31-26(35)18-38-29-33-25-11-4-3-10-24(25)28(37)34(29)17-19-12-14-20(15-13-19)27(36)32-22-7-1-2-8-22/h3-6,9-16,22H,1-2,7-8,17-18H2,(H,31,35)(H,32,36). The Bertz CT molecular complexity index is 1530. The van der Waals surface area contributed by atoms with Crippen molar-refractivity contribution in [3.8, 4) is 0 Å². The van der Waals surface area contributed by atoms with E-state index in [9.17, 15) is 14.4 Å². The predicted molar refractivity (Wildman–Crippen MR) is 152 cm³/mol. The Kier molecular flexibility index (Phi) is 8.10. The Balaban J connectivity index is 1.34. The molecule has 1 aliphatic carbocycles. The number of thioether (sulfide) groups is 1. The van der Waals surface area contributed by atoms with E-state index in [2.05, 4.69) is 15.6 Å². The molecule has 1 saturated carbocycles. The number of anilines is 1. The van der Waals surface area contributed by atoms with Crippen molar-refractivity contribution in [3.05, 3.63) is 99.3 Å². The number of aromatic nitrogens is 2. The molecule has 1 aliphatic rings. The highest BCUT2D eigenvalue weighted by atomic mass is 35.5. The first-order valence-corrected chi connectivity index (χ1v) is 13.9. The third-order valence-corrected chi connectivity index (χ3v) is 7.73. The van der Waals surface area contributed by atoms with Gasteiger partial charge in [0, 0.05) is 22.3 Å². The van der Waals surface area contributed by atoms with E-state index in [1.165, 1.54) is 11.8 Å². The lowest BCUT2D eigenvalue weighted by Gasteiger charge is -2.14. The minimum Gasteiger partial charge on any atom is -0.349 e. The molecule has 0 bridgehead atoms. The van der Waals surface area contributed by atoms with Gasteiger partial charge < -0.3 is 10.6 Å². The average Bonchev–Trinajstić information content (AvgIpc) is 3.43. The van der Waals surface area contributed by atoms with Crippen molar-refractivity contribution in [2.45, 2.75) is 43.4 Å². The van der Waals surface area contributed by atoms with Crippen LogP contribution >= 0.6 is 23.4 Å². The van der Waals surface area contributed by atoms with Gasteiger partial charge in [-0.05, 0) is 60.9 Å². The summed E-state index contributed by atoms with van der Waals surface area (Å²) < 4.78 is 1.58. The number of nitrogens with one attached hydrogen (secondary N) is 2. The highest BCUT2D eigenvalue weighted by Gasteiger charge is 2.18. The Morgan fingerprint density at radius 3 is 2.53 bits per heavy atom. The van der Waals surface area contributed by atoms with E-state index in [1.807, 2.05) is 18.2 Å². The first kappa shape index (κ1) is 26.0. The summed E-state index contributed by atoms with van der Waals surface area (Å²) in [6.07, 6.45) is 4.36. The number of carbonyl (C=O) groups excluding carboxylic acids is 2. The maximum absolute atomic E-state index is 13.4. The van der Waals surface area contributed by atoms with Gasteiger partial charge in [-0.25, -0.2) is 4.98 Å². The Hall–Kier alpha value is -3.62. The molecule has 7 nitrogen and oxygen atoms in total. The van der Waals surface area contributed by atoms with E-state index in [0.29, 0.717) is 32.3 Å². The van der Waals surface area contributed by atoms with Gasteiger partial charge in [0.05, 0.1) is 23.2 Å². The smallest absolute Gasteiger partial charge is 0.262 e. The molecule has 5 rings (SSSR count). The van der Waals surface area contributed by atoms with Gasteiger partial charge in [-0.15, -0.1) is 0 Å². The number of para-hydroxylation sites is 1. The number of nitrogens with zero attached hydrogens (tertiary/aromatic N) is 2. The Labute approximate surface area is 229 Å². The van der Waals surface area contributed by atoms with Crippen LogP contribution in [0.5, 0.6) is 0 Å². The summed E-state index contributed by atoms with van der Waals surface area (Å²) in [5.74, 6) is -0.240. The molecule has 3 aromatic carbocycles. The van der Waals surface area contributed by atoms with Crippen molar-refractivity contribution >= 4 is 51.8 Å². The Morgan fingerprint density at radius 2 is 1.76 bits per heavy atom. The van der Waals surface area contributed by atoms with Crippen LogP contribution in [0.25, 0.3) is 10.9 Å². The van der Waals surface area contributed by atoms with Crippen LogP contribution in [0.3, 0.4) is 0 Å². The maximum atomic E-state index is 13.4. The van der Waals surface area contributed by atoms with Crippen LogP contribution in [0.2, 0.25) is 5.02 Å². The zero-order chi connectivity index (χ0) is 26.5. The highest BCUT2D eigenvalue weighted by molar-refractivity contribution is 7.99. The van der Waals surface area contributed by atoms with Crippen LogP contribution in [0, 0.1) is 0 Å². The fourth-order valence-electron chi connectivity index (χ4n) is 4.57. The zero-order valence-electron chi connectivity index (χ0n) is 20.7. The summed E-state index contributed by atoms with van der Waals surface area (Å²) in [6, 6.07) is 21.6. The quantitative estimate of drug-likeness (QED) is 0.225. The third-order valence-electron chi connectivity index (χ3n) is 6.51. The largest absolute Gasteiger partial charge is 0.349 e. The highest BCUT2D eigenvalue weighted by Crippen LogP contribution is 2.21. The molecule has 0 atom stereocenters. The van der Waals surface area contributed by atoms with Gasteiger partial charge in [0.25, 0.3) is 11.5 Å². The Morgan fingerprint density at radius 1 is 1.00 bits per heavy atom. The van der Waals surface area contributed by atoms with Crippen molar-refractivity contribution in [1.29, 1.82) is 0 Å². The molecule has 1 heterocycles. The van der Waals surface area contributed by atoms with Crippen LogP contribution in [0.15, 0.2) is 82.7 Å². The van der Waals surface area contributed by atoms with E-state index in [4.69, 9.17) is 11.6 Å². The summed E-state index contributed by atoms with van der Waals surface area (Å²) in [5, 5.41) is 7.40. The van der Waals surface area contributed by atoms with E-state index in [-0.39, 0.29) is 35.7 Å². The molecule has 0 radical (unpaired) electrons. The van der Waals surface area contributed by atoms with Crippen molar-refractivity contribution in [3.63, 3.8) is 0 Å². The van der Waals surface area contributed by atoms with Crippen LogP contribution in [0.4, 0.5) is 5.69 Å².